The van der Waals surface area contributed by atoms with Crippen LogP contribution in [0.3, 0.4) is 0 Å². The number of hydrogen-bond donors (Lipinski definition) is 2. The molecule has 1 aromatic heterocycles. The molecule has 0 aromatic carbocycles. The fraction of sp³-hybridized carbons (Fsp3) is 0.600. The van der Waals surface area contributed by atoms with Crippen LogP contribution in [0, 0.1) is 10.2 Å². The number of aromatic nitrogens is 3. The fourth-order valence-electron chi connectivity index (χ4n) is 1.30. The lowest BCUT2D eigenvalue weighted by Crippen LogP contribution is -2.48. The topological polar surface area (TPSA) is 53.8 Å². The Kier molecular flexibility index (Phi) is 3.64. The molecule has 6 heteroatoms. The maximum atomic E-state index is 12.9. The van der Waals surface area contributed by atoms with E-state index in [-0.39, 0.29) is 6.54 Å². The molecular weight excluding hydrogens is 229 g/mol. The van der Waals surface area contributed by atoms with E-state index in [0.29, 0.717) is 4.77 Å². The van der Waals surface area contributed by atoms with Crippen LogP contribution in [0.1, 0.15) is 13.8 Å². The van der Waals surface area contributed by atoms with Crippen LogP contribution in [0.15, 0.2) is 19.0 Å². The predicted molar refractivity (Wildman–Crippen MR) is 62.3 cm³/mol. The highest BCUT2D eigenvalue weighted by Crippen LogP contribution is 2.33. The van der Waals surface area contributed by atoms with Crippen LogP contribution in [0.4, 0.5) is 4.39 Å². The van der Waals surface area contributed by atoms with E-state index in [1.165, 1.54) is 17.1 Å². The van der Waals surface area contributed by atoms with Crippen molar-refractivity contribution in [3.63, 3.8) is 0 Å². The minimum atomic E-state index is -1.38. The largest absolute Gasteiger partial charge is 0.383 e. The van der Waals surface area contributed by atoms with Crippen LogP contribution >= 0.6 is 12.2 Å². The van der Waals surface area contributed by atoms with Crippen molar-refractivity contribution in [3.05, 3.63) is 23.8 Å². The van der Waals surface area contributed by atoms with Gasteiger partial charge < -0.3 is 5.11 Å². The summed E-state index contributed by atoms with van der Waals surface area (Å²) in [5, 5.41) is 13.1. The minimum Gasteiger partial charge on any atom is -0.383 e. The van der Waals surface area contributed by atoms with Crippen molar-refractivity contribution < 1.29 is 9.50 Å². The summed E-state index contributed by atoms with van der Waals surface area (Å²) in [7, 11) is 0. The van der Waals surface area contributed by atoms with Crippen molar-refractivity contribution in [1.82, 2.24) is 14.8 Å². The van der Waals surface area contributed by atoms with Crippen LogP contribution in [0.25, 0.3) is 0 Å². The van der Waals surface area contributed by atoms with E-state index < -0.39 is 17.7 Å². The highest BCUT2D eigenvalue weighted by atomic mass is 32.1. The number of hydrogen-bond acceptors (Lipinski definition) is 3. The Balaban J connectivity index is 3.04. The summed E-state index contributed by atoms with van der Waals surface area (Å²) in [6.45, 7) is 6.27. The number of halogens is 1. The molecule has 4 nitrogen and oxygen atoms in total. The Bertz CT molecular complexity index is 426. The van der Waals surface area contributed by atoms with Crippen LogP contribution in [-0.2, 0) is 6.54 Å². The third-order valence-electron chi connectivity index (χ3n) is 2.86. The number of nitrogens with zero attached hydrogens (tertiary/aromatic N) is 2. The average molecular weight is 245 g/mol. The standard InChI is InChI=1S/C10H16FN3OS/c1-4-10(15,9(2,3)5-11)6-14-8(16)12-7-13-14/h4,7,15H,1,5-6H2,2-3H3,(H,12,13,16). The summed E-state index contributed by atoms with van der Waals surface area (Å²) in [6.07, 6.45) is 2.77. The third-order valence-corrected chi connectivity index (χ3v) is 3.19. The Morgan fingerprint density at radius 1 is 1.75 bits per heavy atom. The Hall–Kier alpha value is -1.01. The zero-order valence-corrected chi connectivity index (χ0v) is 10.2. The second kappa shape index (κ2) is 4.47. The molecule has 0 radical (unpaired) electrons. The summed E-state index contributed by atoms with van der Waals surface area (Å²) in [4.78, 5) is 3.83. The van der Waals surface area contributed by atoms with E-state index in [2.05, 4.69) is 16.7 Å². The molecular formula is C10H16FN3OS. The molecule has 0 aliphatic carbocycles. The highest BCUT2D eigenvalue weighted by Gasteiger charge is 2.41. The van der Waals surface area contributed by atoms with Crippen molar-refractivity contribution in [2.45, 2.75) is 26.0 Å². The molecule has 0 amide bonds. The first-order valence-electron chi connectivity index (χ1n) is 4.88. The summed E-state index contributed by atoms with van der Waals surface area (Å²) in [5.74, 6) is 0. The van der Waals surface area contributed by atoms with Gasteiger partial charge in [0.1, 0.15) is 11.9 Å². The molecule has 0 saturated carbocycles. The summed E-state index contributed by atoms with van der Waals surface area (Å²) < 4.78 is 14.7. The van der Waals surface area contributed by atoms with Gasteiger partial charge in [0.05, 0.1) is 13.2 Å². The quantitative estimate of drug-likeness (QED) is 0.615. The predicted octanol–water partition coefficient (Wildman–Crippen LogP) is 1.85. The molecule has 1 aromatic rings. The Morgan fingerprint density at radius 2 is 2.38 bits per heavy atom. The summed E-state index contributed by atoms with van der Waals surface area (Å²) in [6, 6.07) is 0. The van der Waals surface area contributed by atoms with Gasteiger partial charge in [0.15, 0.2) is 0 Å². The molecule has 0 aliphatic rings. The zero-order chi connectivity index (χ0) is 12.4. The fourth-order valence-corrected chi connectivity index (χ4v) is 1.47. The monoisotopic (exact) mass is 245 g/mol. The van der Waals surface area contributed by atoms with Gasteiger partial charge in [-0.1, -0.05) is 19.9 Å². The molecule has 1 atom stereocenters. The first-order chi connectivity index (χ1) is 7.36. The van der Waals surface area contributed by atoms with Crippen LogP contribution < -0.4 is 0 Å². The smallest absolute Gasteiger partial charge is 0.215 e. The maximum Gasteiger partial charge on any atom is 0.215 e. The van der Waals surface area contributed by atoms with E-state index in [9.17, 15) is 9.50 Å². The average Bonchev–Trinajstić information content (AvgIpc) is 2.64. The molecule has 1 unspecified atom stereocenters. The molecule has 2 N–H and O–H groups in total. The summed E-state index contributed by atoms with van der Waals surface area (Å²) >= 11 is 4.94. The molecule has 1 rings (SSSR count). The minimum absolute atomic E-state index is 0.103. The van der Waals surface area contributed by atoms with Crippen molar-refractivity contribution >= 4 is 12.2 Å². The second-order valence-electron chi connectivity index (χ2n) is 4.40. The molecule has 0 bridgehead atoms. The van der Waals surface area contributed by atoms with Gasteiger partial charge in [-0.25, -0.2) is 4.98 Å². The van der Waals surface area contributed by atoms with Gasteiger partial charge in [0.2, 0.25) is 4.77 Å². The Morgan fingerprint density at radius 3 is 2.75 bits per heavy atom. The number of aromatic amines is 1. The first-order valence-corrected chi connectivity index (χ1v) is 5.29. The second-order valence-corrected chi connectivity index (χ2v) is 4.77. The number of alkyl halides is 1. The molecule has 0 fully saturated rings. The van der Waals surface area contributed by atoms with E-state index in [1.54, 1.807) is 13.8 Å². The van der Waals surface area contributed by atoms with Crippen LogP contribution in [0.5, 0.6) is 0 Å². The number of H-pyrrole nitrogens is 1. The van der Waals surface area contributed by atoms with Gasteiger partial charge in [-0.2, -0.15) is 0 Å². The lowest BCUT2D eigenvalue weighted by molar-refractivity contribution is -0.0518. The number of aliphatic hydroxyl groups is 1. The van der Waals surface area contributed by atoms with E-state index >= 15 is 0 Å². The summed E-state index contributed by atoms with van der Waals surface area (Å²) in [5.41, 5.74) is -2.32. The first kappa shape index (κ1) is 13.1. The van der Waals surface area contributed by atoms with Crippen molar-refractivity contribution in [3.8, 4) is 0 Å². The van der Waals surface area contributed by atoms with E-state index in [4.69, 9.17) is 12.2 Å². The Labute approximate surface area is 98.8 Å². The normalized spacial score (nSPS) is 15.8. The van der Waals surface area contributed by atoms with Crippen molar-refractivity contribution in [2.24, 2.45) is 5.41 Å². The molecule has 0 spiro atoms. The van der Waals surface area contributed by atoms with Crippen LogP contribution in [-0.4, -0.2) is 32.1 Å². The number of nitrogens with one attached hydrogen (secondary N) is 1. The van der Waals surface area contributed by atoms with Gasteiger partial charge in [0, 0.05) is 5.41 Å². The molecule has 90 valence electrons. The van der Waals surface area contributed by atoms with Gasteiger partial charge in [-0.05, 0) is 12.2 Å². The lowest BCUT2D eigenvalue weighted by atomic mass is 9.76. The third kappa shape index (κ3) is 2.22. The SMILES string of the molecule is C=CC(O)(Cn1[nH]cnc1=S)C(C)(C)CF. The van der Waals surface area contributed by atoms with Gasteiger partial charge in [-0.15, -0.1) is 6.58 Å². The lowest BCUT2D eigenvalue weighted by Gasteiger charge is -2.38. The zero-order valence-electron chi connectivity index (χ0n) is 9.40. The van der Waals surface area contributed by atoms with Gasteiger partial charge in [0.25, 0.3) is 0 Å². The van der Waals surface area contributed by atoms with E-state index in [1.807, 2.05) is 0 Å². The van der Waals surface area contributed by atoms with E-state index in [0.717, 1.165) is 0 Å². The molecule has 1 heterocycles. The van der Waals surface area contributed by atoms with Gasteiger partial charge >= 0.3 is 0 Å². The van der Waals surface area contributed by atoms with Crippen molar-refractivity contribution in [2.75, 3.05) is 6.67 Å². The van der Waals surface area contributed by atoms with Crippen LogP contribution in [0.2, 0.25) is 0 Å². The molecule has 16 heavy (non-hydrogen) atoms. The molecule has 0 saturated heterocycles. The number of rotatable bonds is 5. The highest BCUT2D eigenvalue weighted by molar-refractivity contribution is 7.71. The van der Waals surface area contributed by atoms with Crippen molar-refractivity contribution in [1.29, 1.82) is 0 Å². The van der Waals surface area contributed by atoms with Gasteiger partial charge in [-0.3, -0.25) is 14.2 Å². The molecule has 0 aliphatic heterocycles. The maximum absolute atomic E-state index is 12.9.